The van der Waals surface area contributed by atoms with Crippen LogP contribution in [0.4, 0.5) is 0 Å². The van der Waals surface area contributed by atoms with E-state index in [9.17, 15) is 4.79 Å². The molecule has 3 heteroatoms. The van der Waals surface area contributed by atoms with Gasteiger partial charge in [-0.15, -0.1) is 0 Å². The molecule has 0 aliphatic carbocycles. The molecule has 1 rings (SSSR count). The van der Waals surface area contributed by atoms with Crippen LogP contribution in [0, 0.1) is 17.8 Å². The van der Waals surface area contributed by atoms with Gasteiger partial charge in [-0.2, -0.15) is 0 Å². The second kappa shape index (κ2) is 4.09. The molecule has 1 heterocycles. The molecule has 1 aliphatic rings. The van der Waals surface area contributed by atoms with Crippen molar-refractivity contribution in [3.05, 3.63) is 0 Å². The Kier molecular flexibility index (Phi) is 3.31. The fourth-order valence-corrected chi connectivity index (χ4v) is 2.11. The van der Waals surface area contributed by atoms with Gasteiger partial charge < -0.3 is 10.0 Å². The molecule has 0 unspecified atom stereocenters. The van der Waals surface area contributed by atoms with Gasteiger partial charge >= 0.3 is 5.97 Å². The lowest BCUT2D eigenvalue weighted by Gasteiger charge is -2.18. The maximum Gasteiger partial charge on any atom is 0.308 e. The topological polar surface area (TPSA) is 40.5 Å². The number of carbonyl (C=O) groups is 1. The van der Waals surface area contributed by atoms with Gasteiger partial charge in [0.05, 0.1) is 5.92 Å². The van der Waals surface area contributed by atoms with Gasteiger partial charge in [-0.3, -0.25) is 4.79 Å². The average Bonchev–Trinajstić information content (AvgIpc) is 2.47. The molecular weight excluding hydrogens is 166 g/mol. The van der Waals surface area contributed by atoms with Gasteiger partial charge in [0.15, 0.2) is 0 Å². The van der Waals surface area contributed by atoms with Crippen LogP contribution >= 0.6 is 0 Å². The quantitative estimate of drug-likeness (QED) is 0.720. The Labute approximate surface area is 79.7 Å². The van der Waals surface area contributed by atoms with Crippen molar-refractivity contribution in [2.75, 3.05) is 19.6 Å². The molecule has 0 aromatic rings. The Morgan fingerprint density at radius 2 is 2.15 bits per heavy atom. The molecular formula is C10H19NO2. The highest BCUT2D eigenvalue weighted by atomic mass is 16.4. The zero-order valence-corrected chi connectivity index (χ0v) is 8.66. The van der Waals surface area contributed by atoms with E-state index in [2.05, 4.69) is 25.7 Å². The van der Waals surface area contributed by atoms with Crippen LogP contribution in [0.25, 0.3) is 0 Å². The Bertz CT molecular complexity index is 191. The van der Waals surface area contributed by atoms with Crippen LogP contribution in [0.15, 0.2) is 0 Å². The van der Waals surface area contributed by atoms with Gasteiger partial charge in [0.1, 0.15) is 0 Å². The van der Waals surface area contributed by atoms with Crippen molar-refractivity contribution in [2.24, 2.45) is 17.8 Å². The molecule has 0 aromatic carbocycles. The van der Waals surface area contributed by atoms with Crippen LogP contribution in [0.3, 0.4) is 0 Å². The average molecular weight is 185 g/mol. The first-order chi connectivity index (χ1) is 6.06. The van der Waals surface area contributed by atoms with E-state index in [0.29, 0.717) is 11.8 Å². The van der Waals surface area contributed by atoms with Crippen molar-refractivity contribution in [1.29, 1.82) is 0 Å². The molecule has 0 radical (unpaired) electrons. The fraction of sp³-hybridized carbons (Fsp3) is 0.900. The minimum absolute atomic E-state index is 0.153. The van der Waals surface area contributed by atoms with E-state index in [1.807, 2.05) is 0 Å². The van der Waals surface area contributed by atoms with E-state index in [1.54, 1.807) is 0 Å². The van der Waals surface area contributed by atoms with Crippen molar-refractivity contribution in [2.45, 2.75) is 20.8 Å². The van der Waals surface area contributed by atoms with Gasteiger partial charge in [-0.25, -0.2) is 0 Å². The zero-order valence-electron chi connectivity index (χ0n) is 8.66. The lowest BCUT2D eigenvalue weighted by molar-refractivity contribution is -0.143. The van der Waals surface area contributed by atoms with Crippen molar-refractivity contribution in [3.8, 4) is 0 Å². The SMILES string of the molecule is CCN1C[C@@H](C(=O)O)[C@H](C(C)C)C1. The predicted octanol–water partition coefficient (Wildman–Crippen LogP) is 1.29. The largest absolute Gasteiger partial charge is 0.481 e. The van der Waals surface area contributed by atoms with Crippen molar-refractivity contribution < 1.29 is 9.90 Å². The van der Waals surface area contributed by atoms with Crippen LogP contribution in [0.1, 0.15) is 20.8 Å². The molecule has 0 amide bonds. The molecule has 1 saturated heterocycles. The van der Waals surface area contributed by atoms with Gasteiger partial charge in [0.2, 0.25) is 0 Å². The molecule has 1 aliphatic heterocycles. The van der Waals surface area contributed by atoms with E-state index < -0.39 is 5.97 Å². The lowest BCUT2D eigenvalue weighted by atomic mass is 9.86. The Morgan fingerprint density at radius 1 is 1.54 bits per heavy atom. The molecule has 0 bridgehead atoms. The molecule has 0 saturated carbocycles. The molecule has 2 atom stereocenters. The summed E-state index contributed by atoms with van der Waals surface area (Å²) in [5.41, 5.74) is 0. The Morgan fingerprint density at radius 3 is 2.46 bits per heavy atom. The fourth-order valence-electron chi connectivity index (χ4n) is 2.11. The second-order valence-corrected chi connectivity index (χ2v) is 4.20. The molecule has 0 aromatic heterocycles. The first-order valence-electron chi connectivity index (χ1n) is 5.01. The Hall–Kier alpha value is -0.570. The van der Waals surface area contributed by atoms with Gasteiger partial charge in [-0.1, -0.05) is 20.8 Å². The lowest BCUT2D eigenvalue weighted by Crippen LogP contribution is -2.25. The molecule has 76 valence electrons. The van der Waals surface area contributed by atoms with Crippen LogP contribution in [0.5, 0.6) is 0 Å². The summed E-state index contributed by atoms with van der Waals surface area (Å²) in [7, 11) is 0. The van der Waals surface area contributed by atoms with Gasteiger partial charge in [0, 0.05) is 13.1 Å². The summed E-state index contributed by atoms with van der Waals surface area (Å²) in [6, 6.07) is 0. The van der Waals surface area contributed by atoms with Crippen molar-refractivity contribution >= 4 is 5.97 Å². The van der Waals surface area contributed by atoms with E-state index in [1.165, 1.54) is 0 Å². The molecule has 1 N–H and O–H groups in total. The monoisotopic (exact) mass is 185 g/mol. The first kappa shape index (κ1) is 10.5. The minimum Gasteiger partial charge on any atom is -0.481 e. The van der Waals surface area contributed by atoms with Crippen LogP contribution < -0.4 is 0 Å². The summed E-state index contributed by atoms with van der Waals surface area (Å²) < 4.78 is 0. The third-order valence-electron chi connectivity index (χ3n) is 3.06. The van der Waals surface area contributed by atoms with Crippen LogP contribution in [0.2, 0.25) is 0 Å². The molecule has 13 heavy (non-hydrogen) atoms. The summed E-state index contributed by atoms with van der Waals surface area (Å²) >= 11 is 0. The second-order valence-electron chi connectivity index (χ2n) is 4.20. The highest BCUT2D eigenvalue weighted by molar-refractivity contribution is 5.71. The first-order valence-corrected chi connectivity index (χ1v) is 5.01. The highest BCUT2D eigenvalue weighted by Gasteiger charge is 2.38. The number of aliphatic carboxylic acids is 1. The summed E-state index contributed by atoms with van der Waals surface area (Å²) in [4.78, 5) is 13.2. The molecule has 1 fully saturated rings. The third-order valence-corrected chi connectivity index (χ3v) is 3.06. The molecule has 0 spiro atoms. The summed E-state index contributed by atoms with van der Waals surface area (Å²) in [5.74, 6) is 0.0182. The number of rotatable bonds is 3. The summed E-state index contributed by atoms with van der Waals surface area (Å²) in [5, 5.41) is 9.02. The number of likely N-dealkylation sites (tertiary alicyclic amines) is 1. The van der Waals surface area contributed by atoms with Crippen LogP contribution in [-0.4, -0.2) is 35.6 Å². The summed E-state index contributed by atoms with van der Waals surface area (Å²) in [6.07, 6.45) is 0. The standard InChI is InChI=1S/C10H19NO2/c1-4-11-5-8(7(2)3)9(6-11)10(12)13/h7-9H,4-6H2,1-3H3,(H,12,13)/t8-,9+/m0/s1. The number of carboxylic acid groups (broad SMARTS) is 1. The molecule has 3 nitrogen and oxygen atoms in total. The van der Waals surface area contributed by atoms with Gasteiger partial charge in [0.25, 0.3) is 0 Å². The van der Waals surface area contributed by atoms with E-state index in [-0.39, 0.29) is 5.92 Å². The normalized spacial score (nSPS) is 29.8. The van der Waals surface area contributed by atoms with Crippen molar-refractivity contribution in [1.82, 2.24) is 4.90 Å². The van der Waals surface area contributed by atoms with E-state index in [0.717, 1.165) is 19.6 Å². The minimum atomic E-state index is -0.630. The van der Waals surface area contributed by atoms with E-state index >= 15 is 0 Å². The smallest absolute Gasteiger partial charge is 0.308 e. The number of hydrogen-bond donors (Lipinski definition) is 1. The van der Waals surface area contributed by atoms with Gasteiger partial charge in [-0.05, 0) is 18.4 Å². The maximum absolute atomic E-state index is 11.0. The highest BCUT2D eigenvalue weighted by Crippen LogP contribution is 2.29. The number of hydrogen-bond acceptors (Lipinski definition) is 2. The van der Waals surface area contributed by atoms with Crippen LogP contribution in [-0.2, 0) is 4.79 Å². The Balaban J connectivity index is 2.65. The van der Waals surface area contributed by atoms with E-state index in [4.69, 9.17) is 5.11 Å². The summed E-state index contributed by atoms with van der Waals surface area (Å²) in [6.45, 7) is 8.95. The number of carboxylic acids is 1. The number of nitrogens with zero attached hydrogens (tertiary/aromatic N) is 1. The third kappa shape index (κ3) is 2.21. The predicted molar refractivity (Wildman–Crippen MR) is 51.6 cm³/mol. The van der Waals surface area contributed by atoms with Crippen molar-refractivity contribution in [3.63, 3.8) is 0 Å². The zero-order chi connectivity index (χ0) is 10.0. The maximum atomic E-state index is 11.0.